The topological polar surface area (TPSA) is 50.7 Å². The van der Waals surface area contributed by atoms with Gasteiger partial charge in [-0.05, 0) is 35.2 Å². The van der Waals surface area contributed by atoms with Gasteiger partial charge in [0.1, 0.15) is 5.75 Å². The highest BCUT2D eigenvalue weighted by Crippen LogP contribution is 2.22. The van der Waals surface area contributed by atoms with Gasteiger partial charge in [0.05, 0.1) is 18.9 Å². The number of rotatable bonds is 5. The number of carbonyl (C=O) groups is 1. The monoisotopic (exact) mass is 374 g/mol. The van der Waals surface area contributed by atoms with Gasteiger partial charge in [-0.15, -0.1) is 0 Å². The second kappa shape index (κ2) is 7.92. The smallest absolute Gasteiger partial charge is 0.275 e. The fourth-order valence-corrected chi connectivity index (χ4v) is 2.41. The molecule has 0 saturated heterocycles. The molecule has 2 aromatic carbocycles. The third-order valence-corrected chi connectivity index (χ3v) is 3.88. The zero-order valence-electron chi connectivity index (χ0n) is 13.3. The third-order valence-electron chi connectivity index (χ3n) is 3.39. The normalized spacial score (nSPS) is 11.0. The van der Waals surface area contributed by atoms with Crippen molar-refractivity contribution < 1.29 is 9.53 Å². The van der Waals surface area contributed by atoms with Crippen LogP contribution in [0.2, 0.25) is 0 Å². The van der Waals surface area contributed by atoms with Crippen LogP contribution in [0, 0.1) is 0 Å². The molecule has 0 fully saturated rings. The van der Waals surface area contributed by atoms with E-state index in [1.807, 2.05) is 18.2 Å². The molecule has 4 nitrogen and oxygen atoms in total. The van der Waals surface area contributed by atoms with E-state index >= 15 is 0 Å². The Morgan fingerprint density at radius 3 is 2.52 bits per heavy atom. The third kappa shape index (κ3) is 4.66. The maximum Gasteiger partial charge on any atom is 0.275 e. The number of ether oxygens (including phenoxy) is 1. The molecule has 1 amide bonds. The van der Waals surface area contributed by atoms with E-state index in [0.717, 1.165) is 10.0 Å². The predicted octanol–water partition coefficient (Wildman–Crippen LogP) is 4.35. The van der Waals surface area contributed by atoms with Gasteiger partial charge in [0.25, 0.3) is 5.91 Å². The lowest BCUT2D eigenvalue weighted by Crippen LogP contribution is -2.18. The summed E-state index contributed by atoms with van der Waals surface area (Å²) in [5.74, 6) is 0.671. The second-order valence-corrected chi connectivity index (χ2v) is 6.28. The van der Waals surface area contributed by atoms with Crippen molar-refractivity contribution in [1.82, 2.24) is 5.43 Å². The number of amides is 1. The van der Waals surface area contributed by atoms with Crippen LogP contribution < -0.4 is 10.2 Å². The predicted molar refractivity (Wildman–Crippen MR) is 96.3 cm³/mol. The molecule has 23 heavy (non-hydrogen) atoms. The number of halogens is 1. The summed E-state index contributed by atoms with van der Waals surface area (Å²) in [7, 11) is 1.53. The van der Waals surface area contributed by atoms with Crippen molar-refractivity contribution >= 4 is 28.1 Å². The Morgan fingerprint density at radius 1 is 1.22 bits per heavy atom. The van der Waals surface area contributed by atoms with Gasteiger partial charge in [-0.3, -0.25) is 4.79 Å². The van der Waals surface area contributed by atoms with E-state index < -0.39 is 0 Å². The maximum absolute atomic E-state index is 12.2. The zero-order chi connectivity index (χ0) is 16.8. The molecule has 0 spiro atoms. The number of nitrogens with zero attached hydrogens (tertiary/aromatic N) is 1. The molecule has 0 aliphatic heterocycles. The van der Waals surface area contributed by atoms with Crippen LogP contribution in [0.3, 0.4) is 0 Å². The van der Waals surface area contributed by atoms with Gasteiger partial charge in [-0.25, -0.2) is 5.43 Å². The van der Waals surface area contributed by atoms with E-state index in [9.17, 15) is 4.79 Å². The Kier molecular flexibility index (Phi) is 5.93. The van der Waals surface area contributed by atoms with E-state index in [0.29, 0.717) is 17.2 Å². The van der Waals surface area contributed by atoms with Crippen LogP contribution >= 0.6 is 15.9 Å². The minimum atomic E-state index is -0.321. The van der Waals surface area contributed by atoms with Gasteiger partial charge in [0.15, 0.2) is 0 Å². The minimum absolute atomic E-state index is 0.321. The van der Waals surface area contributed by atoms with Crippen molar-refractivity contribution in [3.05, 3.63) is 63.6 Å². The lowest BCUT2D eigenvalue weighted by molar-refractivity contribution is 0.0952. The van der Waals surface area contributed by atoms with Gasteiger partial charge in [0, 0.05) is 4.47 Å². The quantitative estimate of drug-likeness (QED) is 0.624. The Bertz CT molecular complexity index is 709. The van der Waals surface area contributed by atoms with Crippen LogP contribution in [-0.4, -0.2) is 19.2 Å². The summed E-state index contributed by atoms with van der Waals surface area (Å²) in [6.45, 7) is 4.30. The number of hydrazone groups is 1. The standard InChI is InChI=1S/C18H19BrN2O2/c1-12(2)14-6-4-13(5-7-14)11-20-21-18(22)16-10-15(19)8-9-17(16)23-3/h4-12H,1-3H3,(H,21,22). The van der Waals surface area contributed by atoms with Crippen LogP contribution in [0.25, 0.3) is 0 Å². The molecule has 0 aromatic heterocycles. The summed E-state index contributed by atoms with van der Waals surface area (Å²) in [5.41, 5.74) is 5.14. The van der Waals surface area contributed by atoms with Gasteiger partial charge < -0.3 is 4.74 Å². The number of carbonyl (C=O) groups excluding carboxylic acids is 1. The van der Waals surface area contributed by atoms with Crippen molar-refractivity contribution in [2.24, 2.45) is 5.10 Å². The maximum atomic E-state index is 12.2. The molecule has 0 unspecified atom stereocenters. The molecule has 5 heteroatoms. The lowest BCUT2D eigenvalue weighted by Gasteiger charge is -2.07. The molecule has 0 saturated carbocycles. The zero-order valence-corrected chi connectivity index (χ0v) is 14.9. The summed E-state index contributed by atoms with van der Waals surface area (Å²) < 4.78 is 5.99. The number of hydrogen-bond donors (Lipinski definition) is 1. The molecule has 0 aliphatic carbocycles. The van der Waals surface area contributed by atoms with E-state index in [4.69, 9.17) is 4.74 Å². The minimum Gasteiger partial charge on any atom is -0.496 e. The van der Waals surface area contributed by atoms with Crippen LogP contribution in [0.15, 0.2) is 52.0 Å². The van der Waals surface area contributed by atoms with E-state index in [1.54, 1.807) is 18.3 Å². The summed E-state index contributed by atoms with van der Waals surface area (Å²) >= 11 is 3.34. The molecular weight excluding hydrogens is 356 g/mol. The van der Waals surface area contributed by atoms with Crippen molar-refractivity contribution in [2.45, 2.75) is 19.8 Å². The second-order valence-electron chi connectivity index (χ2n) is 5.37. The van der Waals surface area contributed by atoms with Crippen LogP contribution in [0.4, 0.5) is 0 Å². The van der Waals surface area contributed by atoms with Gasteiger partial charge >= 0.3 is 0 Å². The summed E-state index contributed by atoms with van der Waals surface area (Å²) in [6, 6.07) is 13.3. The lowest BCUT2D eigenvalue weighted by atomic mass is 10.0. The van der Waals surface area contributed by atoms with Gasteiger partial charge in [-0.2, -0.15) is 5.10 Å². The highest BCUT2D eigenvalue weighted by Gasteiger charge is 2.11. The van der Waals surface area contributed by atoms with Crippen molar-refractivity contribution in [2.75, 3.05) is 7.11 Å². The Hall–Kier alpha value is -2.14. The van der Waals surface area contributed by atoms with E-state index in [-0.39, 0.29) is 5.91 Å². The molecule has 2 rings (SSSR count). The Balaban J connectivity index is 2.05. The number of nitrogens with one attached hydrogen (secondary N) is 1. The average Bonchev–Trinajstić information content (AvgIpc) is 2.55. The molecule has 0 aliphatic rings. The van der Waals surface area contributed by atoms with Crippen LogP contribution in [-0.2, 0) is 0 Å². The number of benzene rings is 2. The average molecular weight is 375 g/mol. The fourth-order valence-electron chi connectivity index (χ4n) is 2.05. The highest BCUT2D eigenvalue weighted by atomic mass is 79.9. The van der Waals surface area contributed by atoms with E-state index in [1.165, 1.54) is 12.7 Å². The summed E-state index contributed by atoms with van der Waals surface area (Å²) in [4.78, 5) is 12.2. The molecule has 120 valence electrons. The first-order chi connectivity index (χ1) is 11.0. The first-order valence-corrected chi connectivity index (χ1v) is 8.07. The van der Waals surface area contributed by atoms with Gasteiger partial charge in [0.2, 0.25) is 0 Å². The molecular formula is C18H19BrN2O2. The first-order valence-electron chi connectivity index (χ1n) is 7.28. The first kappa shape index (κ1) is 17.2. The molecule has 2 aromatic rings. The van der Waals surface area contributed by atoms with Crippen molar-refractivity contribution in [3.8, 4) is 5.75 Å². The molecule has 0 atom stereocenters. The highest BCUT2D eigenvalue weighted by molar-refractivity contribution is 9.10. The van der Waals surface area contributed by atoms with Crippen molar-refractivity contribution in [3.63, 3.8) is 0 Å². The van der Waals surface area contributed by atoms with Crippen LogP contribution in [0.5, 0.6) is 5.75 Å². The van der Waals surface area contributed by atoms with Gasteiger partial charge in [-0.1, -0.05) is 54.0 Å². The largest absolute Gasteiger partial charge is 0.496 e. The van der Waals surface area contributed by atoms with E-state index in [2.05, 4.69) is 52.4 Å². The molecule has 0 radical (unpaired) electrons. The van der Waals surface area contributed by atoms with Crippen LogP contribution in [0.1, 0.15) is 41.3 Å². The molecule has 0 bridgehead atoms. The molecule has 0 heterocycles. The SMILES string of the molecule is COc1ccc(Br)cc1C(=O)NN=Cc1ccc(C(C)C)cc1. The number of hydrogen-bond acceptors (Lipinski definition) is 3. The Morgan fingerprint density at radius 2 is 1.91 bits per heavy atom. The Labute approximate surface area is 144 Å². The fraction of sp³-hybridized carbons (Fsp3) is 0.222. The summed E-state index contributed by atoms with van der Waals surface area (Å²) in [5, 5.41) is 4.00. The summed E-state index contributed by atoms with van der Waals surface area (Å²) in [6.07, 6.45) is 1.62. The molecule has 1 N–H and O–H groups in total. The van der Waals surface area contributed by atoms with Crippen molar-refractivity contribution in [1.29, 1.82) is 0 Å². The number of methoxy groups -OCH3 is 1.